The van der Waals surface area contributed by atoms with Crippen LogP contribution in [0.5, 0.6) is 5.75 Å². The van der Waals surface area contributed by atoms with Crippen LogP contribution in [0.3, 0.4) is 0 Å². The molecule has 0 bridgehead atoms. The second kappa shape index (κ2) is 5.26. The number of hydrogen-bond acceptors (Lipinski definition) is 4. The van der Waals surface area contributed by atoms with Crippen LogP contribution in [0.2, 0.25) is 0 Å². The lowest BCUT2D eigenvalue weighted by atomic mass is 10.2. The van der Waals surface area contributed by atoms with Crippen molar-refractivity contribution in [2.75, 3.05) is 13.7 Å². The summed E-state index contributed by atoms with van der Waals surface area (Å²) in [6.07, 6.45) is 2.20. The Labute approximate surface area is 107 Å². The van der Waals surface area contributed by atoms with Crippen molar-refractivity contribution >= 4 is 10.0 Å². The molecule has 0 radical (unpaired) electrons. The topological polar surface area (TPSA) is 81.4 Å². The number of benzene rings is 1. The summed E-state index contributed by atoms with van der Waals surface area (Å²) < 4.78 is 32.1. The molecule has 0 unspecified atom stereocenters. The van der Waals surface area contributed by atoms with Gasteiger partial charge in [-0.15, -0.1) is 0 Å². The monoisotopic (exact) mass is 270 g/mol. The van der Waals surface area contributed by atoms with E-state index in [9.17, 15) is 8.42 Å². The SMILES string of the molecule is COc1ccc(CN)cc1S(=O)(=O)NCC1CC1. The molecule has 5 nitrogen and oxygen atoms in total. The molecule has 100 valence electrons. The van der Waals surface area contributed by atoms with Gasteiger partial charge in [0, 0.05) is 13.1 Å². The van der Waals surface area contributed by atoms with Gasteiger partial charge in [-0.2, -0.15) is 0 Å². The third-order valence-electron chi connectivity index (χ3n) is 3.01. The van der Waals surface area contributed by atoms with Gasteiger partial charge in [-0.05, 0) is 36.5 Å². The van der Waals surface area contributed by atoms with Crippen molar-refractivity contribution in [1.82, 2.24) is 4.72 Å². The Morgan fingerprint density at radius 1 is 1.44 bits per heavy atom. The Hall–Kier alpha value is -1.11. The molecule has 18 heavy (non-hydrogen) atoms. The molecule has 0 aliphatic heterocycles. The van der Waals surface area contributed by atoms with Crippen LogP contribution in [-0.2, 0) is 16.6 Å². The fourth-order valence-electron chi connectivity index (χ4n) is 1.69. The molecule has 2 rings (SSSR count). The molecule has 1 aromatic carbocycles. The second-order valence-electron chi connectivity index (χ2n) is 4.48. The summed E-state index contributed by atoms with van der Waals surface area (Å²) in [6.45, 7) is 0.799. The molecule has 0 atom stereocenters. The maximum absolute atomic E-state index is 12.2. The number of ether oxygens (including phenoxy) is 1. The van der Waals surface area contributed by atoms with E-state index in [1.54, 1.807) is 18.2 Å². The maximum Gasteiger partial charge on any atom is 0.244 e. The minimum atomic E-state index is -3.52. The van der Waals surface area contributed by atoms with Gasteiger partial charge in [0.2, 0.25) is 10.0 Å². The van der Waals surface area contributed by atoms with Crippen molar-refractivity contribution < 1.29 is 13.2 Å². The molecular weight excluding hydrogens is 252 g/mol. The van der Waals surface area contributed by atoms with Gasteiger partial charge in [0.15, 0.2) is 0 Å². The molecule has 0 aromatic heterocycles. The molecule has 0 saturated heterocycles. The summed E-state index contributed by atoms with van der Waals surface area (Å²) in [5.41, 5.74) is 6.30. The number of sulfonamides is 1. The lowest BCUT2D eigenvalue weighted by Gasteiger charge is -2.11. The molecule has 0 heterocycles. The Kier molecular flexibility index (Phi) is 3.89. The molecular formula is C12H18N2O3S. The minimum Gasteiger partial charge on any atom is -0.495 e. The normalized spacial score (nSPS) is 15.7. The van der Waals surface area contributed by atoms with E-state index in [-0.39, 0.29) is 4.90 Å². The Balaban J connectivity index is 2.27. The number of methoxy groups -OCH3 is 1. The Bertz CT molecular complexity index is 524. The maximum atomic E-state index is 12.2. The van der Waals surface area contributed by atoms with E-state index in [0.29, 0.717) is 24.8 Å². The van der Waals surface area contributed by atoms with E-state index in [1.807, 2.05) is 0 Å². The quantitative estimate of drug-likeness (QED) is 0.802. The summed E-state index contributed by atoms with van der Waals surface area (Å²) >= 11 is 0. The third kappa shape index (κ3) is 3.01. The molecule has 1 aliphatic rings. The second-order valence-corrected chi connectivity index (χ2v) is 6.22. The summed E-state index contributed by atoms with van der Waals surface area (Å²) in [6, 6.07) is 4.96. The van der Waals surface area contributed by atoms with Crippen molar-refractivity contribution in [2.45, 2.75) is 24.3 Å². The van der Waals surface area contributed by atoms with Gasteiger partial charge in [-0.3, -0.25) is 0 Å². The van der Waals surface area contributed by atoms with Gasteiger partial charge in [-0.1, -0.05) is 6.07 Å². The van der Waals surface area contributed by atoms with Crippen molar-refractivity contribution in [3.05, 3.63) is 23.8 Å². The van der Waals surface area contributed by atoms with Crippen LogP contribution in [0, 0.1) is 5.92 Å². The molecule has 6 heteroatoms. The number of hydrogen-bond donors (Lipinski definition) is 2. The smallest absolute Gasteiger partial charge is 0.244 e. The number of rotatable bonds is 6. The van der Waals surface area contributed by atoms with E-state index in [0.717, 1.165) is 18.4 Å². The van der Waals surface area contributed by atoms with Crippen LogP contribution in [0.15, 0.2) is 23.1 Å². The van der Waals surface area contributed by atoms with Crippen LogP contribution >= 0.6 is 0 Å². The first-order chi connectivity index (χ1) is 8.56. The summed E-state index contributed by atoms with van der Waals surface area (Å²) in [7, 11) is -2.07. The van der Waals surface area contributed by atoms with Crippen LogP contribution < -0.4 is 15.2 Å². The van der Waals surface area contributed by atoms with Crippen LogP contribution in [0.4, 0.5) is 0 Å². The highest BCUT2D eigenvalue weighted by atomic mass is 32.2. The van der Waals surface area contributed by atoms with E-state index < -0.39 is 10.0 Å². The molecule has 0 amide bonds. The lowest BCUT2D eigenvalue weighted by Crippen LogP contribution is -2.26. The molecule has 1 fully saturated rings. The minimum absolute atomic E-state index is 0.161. The lowest BCUT2D eigenvalue weighted by molar-refractivity contribution is 0.402. The fraction of sp³-hybridized carbons (Fsp3) is 0.500. The zero-order valence-electron chi connectivity index (χ0n) is 10.3. The standard InChI is InChI=1S/C12H18N2O3S/c1-17-11-5-4-10(7-13)6-12(11)18(15,16)14-8-9-2-3-9/h4-6,9,14H,2-3,7-8,13H2,1H3. The molecule has 1 aromatic rings. The van der Waals surface area contributed by atoms with Gasteiger partial charge in [0.05, 0.1) is 7.11 Å². The van der Waals surface area contributed by atoms with E-state index in [1.165, 1.54) is 7.11 Å². The molecule has 1 saturated carbocycles. The van der Waals surface area contributed by atoms with Gasteiger partial charge in [0.1, 0.15) is 10.6 Å². The predicted molar refractivity (Wildman–Crippen MR) is 68.8 cm³/mol. The number of nitrogens with one attached hydrogen (secondary N) is 1. The largest absolute Gasteiger partial charge is 0.495 e. The Morgan fingerprint density at radius 3 is 2.72 bits per heavy atom. The van der Waals surface area contributed by atoms with Gasteiger partial charge < -0.3 is 10.5 Å². The van der Waals surface area contributed by atoms with Crippen molar-refractivity contribution in [3.63, 3.8) is 0 Å². The zero-order valence-corrected chi connectivity index (χ0v) is 11.2. The van der Waals surface area contributed by atoms with E-state index >= 15 is 0 Å². The van der Waals surface area contributed by atoms with Crippen molar-refractivity contribution in [3.8, 4) is 5.75 Å². The van der Waals surface area contributed by atoms with Crippen LogP contribution in [0.1, 0.15) is 18.4 Å². The number of nitrogens with two attached hydrogens (primary N) is 1. The fourth-order valence-corrected chi connectivity index (χ4v) is 3.02. The average molecular weight is 270 g/mol. The summed E-state index contributed by atoms with van der Waals surface area (Å²) in [5.74, 6) is 0.832. The molecule has 1 aliphatic carbocycles. The molecule has 3 N–H and O–H groups in total. The van der Waals surface area contributed by atoms with Crippen molar-refractivity contribution in [1.29, 1.82) is 0 Å². The average Bonchev–Trinajstić information content (AvgIpc) is 3.19. The van der Waals surface area contributed by atoms with E-state index in [4.69, 9.17) is 10.5 Å². The van der Waals surface area contributed by atoms with Gasteiger partial charge in [0.25, 0.3) is 0 Å². The first-order valence-electron chi connectivity index (χ1n) is 5.93. The molecule has 0 spiro atoms. The summed E-state index contributed by atoms with van der Waals surface area (Å²) in [5, 5.41) is 0. The zero-order chi connectivity index (χ0) is 13.2. The summed E-state index contributed by atoms with van der Waals surface area (Å²) in [4.78, 5) is 0.161. The van der Waals surface area contributed by atoms with Gasteiger partial charge >= 0.3 is 0 Å². The highest BCUT2D eigenvalue weighted by molar-refractivity contribution is 7.89. The van der Waals surface area contributed by atoms with Gasteiger partial charge in [-0.25, -0.2) is 13.1 Å². The third-order valence-corrected chi connectivity index (χ3v) is 4.46. The Morgan fingerprint density at radius 2 is 2.17 bits per heavy atom. The first kappa shape index (κ1) is 13.3. The van der Waals surface area contributed by atoms with E-state index in [2.05, 4.69) is 4.72 Å². The van der Waals surface area contributed by atoms with Crippen molar-refractivity contribution in [2.24, 2.45) is 11.7 Å². The van der Waals surface area contributed by atoms with Crippen LogP contribution in [-0.4, -0.2) is 22.1 Å². The highest BCUT2D eigenvalue weighted by Crippen LogP contribution is 2.29. The highest BCUT2D eigenvalue weighted by Gasteiger charge is 2.26. The van der Waals surface area contributed by atoms with Crippen LogP contribution in [0.25, 0.3) is 0 Å². The predicted octanol–water partition coefficient (Wildman–Crippen LogP) is 0.842. The first-order valence-corrected chi connectivity index (χ1v) is 7.42.